The van der Waals surface area contributed by atoms with E-state index in [4.69, 9.17) is 9.47 Å². The Hall–Kier alpha value is -4.59. The number of nitrogens with zero attached hydrogens (tertiary/aromatic N) is 1. The molecule has 6 nitrogen and oxygen atoms in total. The molecule has 5 aromatic rings. The first kappa shape index (κ1) is 33.3. The Labute approximate surface area is 284 Å². The van der Waals surface area contributed by atoms with E-state index in [9.17, 15) is 9.90 Å². The summed E-state index contributed by atoms with van der Waals surface area (Å²) < 4.78 is 13.7. The molecule has 1 heterocycles. The predicted octanol–water partition coefficient (Wildman–Crippen LogP) is 7.98. The summed E-state index contributed by atoms with van der Waals surface area (Å²) in [5.74, 6) is 0.00773. The molecule has 48 heavy (non-hydrogen) atoms. The van der Waals surface area contributed by atoms with Gasteiger partial charge in [0.1, 0.15) is 0 Å². The zero-order chi connectivity index (χ0) is 33.3. The van der Waals surface area contributed by atoms with Crippen LogP contribution in [-0.4, -0.2) is 28.6 Å². The fourth-order valence-corrected chi connectivity index (χ4v) is 6.40. The fraction of sp³-hybridized carbons (Fsp3) is 0.262. The normalized spacial score (nSPS) is 19.2. The minimum Gasteiger partial charge on any atom is -0.392 e. The van der Waals surface area contributed by atoms with Crippen molar-refractivity contribution < 1.29 is 19.4 Å². The Morgan fingerprint density at radius 3 is 1.92 bits per heavy atom. The lowest BCUT2D eigenvalue weighted by molar-refractivity contribution is -0.276. The van der Waals surface area contributed by atoms with Crippen molar-refractivity contribution in [2.45, 2.75) is 58.6 Å². The standard InChI is InChI=1S/C42H44N2O4/c1-30-40(28-44(26-32-11-5-3-6-12-32)27-33-13-7-4-8-14-33)47-42(48-41(30)36-21-19-34(29-45)20-22-36)39-18-10-17-38(24-39)37-16-9-15-35(23-37)25-43-31(2)46/h3-24,30,40-42,45H,25-29H2,1-2H3,(H,43,46)/t30-,40+,41+,42+/m0/s1. The maximum absolute atomic E-state index is 11.5. The lowest BCUT2D eigenvalue weighted by Crippen LogP contribution is -2.44. The third-order valence-electron chi connectivity index (χ3n) is 9.02. The topological polar surface area (TPSA) is 71.0 Å². The molecular weight excluding hydrogens is 596 g/mol. The summed E-state index contributed by atoms with van der Waals surface area (Å²) in [6.07, 6.45) is -0.906. The molecule has 1 fully saturated rings. The molecule has 1 saturated heterocycles. The summed E-state index contributed by atoms with van der Waals surface area (Å²) in [4.78, 5) is 14.0. The van der Waals surface area contributed by atoms with Crippen molar-refractivity contribution in [1.82, 2.24) is 10.2 Å². The molecule has 0 aliphatic carbocycles. The number of hydrogen-bond donors (Lipinski definition) is 2. The quantitative estimate of drug-likeness (QED) is 0.145. The minimum absolute atomic E-state index is 0.00244. The highest BCUT2D eigenvalue weighted by Gasteiger charge is 2.39. The summed E-state index contributed by atoms with van der Waals surface area (Å²) >= 11 is 0. The lowest BCUT2D eigenvalue weighted by Gasteiger charge is -2.43. The number of amides is 1. The number of hydrogen-bond acceptors (Lipinski definition) is 5. The van der Waals surface area contributed by atoms with E-state index < -0.39 is 6.29 Å². The second-order valence-corrected chi connectivity index (χ2v) is 12.7. The molecule has 0 saturated carbocycles. The average Bonchev–Trinajstić information content (AvgIpc) is 3.12. The third kappa shape index (κ3) is 8.65. The first-order valence-corrected chi connectivity index (χ1v) is 16.7. The summed E-state index contributed by atoms with van der Waals surface area (Å²) in [5, 5.41) is 12.6. The van der Waals surface area contributed by atoms with Crippen LogP contribution in [0.4, 0.5) is 0 Å². The van der Waals surface area contributed by atoms with Crippen molar-refractivity contribution in [3.8, 4) is 11.1 Å². The number of rotatable bonds is 12. The number of carbonyl (C=O) groups is 1. The van der Waals surface area contributed by atoms with Gasteiger partial charge in [0.15, 0.2) is 6.29 Å². The predicted molar refractivity (Wildman–Crippen MR) is 189 cm³/mol. The molecule has 1 amide bonds. The van der Waals surface area contributed by atoms with Crippen molar-refractivity contribution >= 4 is 5.91 Å². The maximum atomic E-state index is 11.5. The van der Waals surface area contributed by atoms with Crippen LogP contribution < -0.4 is 5.32 Å². The Kier molecular flexibility index (Phi) is 11.1. The van der Waals surface area contributed by atoms with E-state index in [1.807, 2.05) is 30.3 Å². The zero-order valence-corrected chi connectivity index (χ0v) is 27.7. The molecule has 5 aromatic carbocycles. The average molecular weight is 641 g/mol. The SMILES string of the molecule is CC(=O)NCc1cccc(-c2cccc([C@@H]3O[C@H](CN(Cc4ccccc4)Cc4ccccc4)[C@H](C)[C@H](c4ccc(CO)cc4)O3)c2)c1. The van der Waals surface area contributed by atoms with Gasteiger partial charge in [-0.25, -0.2) is 0 Å². The second-order valence-electron chi connectivity index (χ2n) is 12.7. The van der Waals surface area contributed by atoms with Gasteiger partial charge in [0.2, 0.25) is 5.91 Å². The highest BCUT2D eigenvalue weighted by atomic mass is 16.7. The number of carbonyl (C=O) groups excluding carboxylic acids is 1. The van der Waals surface area contributed by atoms with Gasteiger partial charge in [0.25, 0.3) is 0 Å². The van der Waals surface area contributed by atoms with Crippen LogP contribution in [0.3, 0.4) is 0 Å². The maximum Gasteiger partial charge on any atom is 0.217 e. The van der Waals surface area contributed by atoms with Crippen LogP contribution in [0.25, 0.3) is 11.1 Å². The Bertz CT molecular complexity index is 1720. The Morgan fingerprint density at radius 2 is 1.29 bits per heavy atom. The monoisotopic (exact) mass is 640 g/mol. The number of nitrogens with one attached hydrogen (secondary N) is 1. The van der Waals surface area contributed by atoms with Gasteiger partial charge in [-0.1, -0.05) is 128 Å². The van der Waals surface area contributed by atoms with Gasteiger partial charge in [-0.2, -0.15) is 0 Å². The molecule has 6 rings (SSSR count). The fourth-order valence-electron chi connectivity index (χ4n) is 6.40. The molecule has 0 spiro atoms. The zero-order valence-electron chi connectivity index (χ0n) is 27.7. The molecular formula is C42H44N2O4. The van der Waals surface area contributed by atoms with Crippen LogP contribution in [0.1, 0.15) is 59.6 Å². The van der Waals surface area contributed by atoms with E-state index in [-0.39, 0.29) is 30.6 Å². The molecule has 246 valence electrons. The van der Waals surface area contributed by atoms with Gasteiger partial charge in [-0.15, -0.1) is 0 Å². The van der Waals surface area contributed by atoms with Crippen molar-refractivity contribution in [1.29, 1.82) is 0 Å². The smallest absolute Gasteiger partial charge is 0.217 e. The van der Waals surface area contributed by atoms with Gasteiger partial charge >= 0.3 is 0 Å². The second kappa shape index (κ2) is 16.0. The molecule has 0 radical (unpaired) electrons. The highest BCUT2D eigenvalue weighted by Crippen LogP contribution is 2.42. The van der Waals surface area contributed by atoms with Gasteiger partial charge in [0, 0.05) is 44.6 Å². The summed E-state index contributed by atoms with van der Waals surface area (Å²) in [6.45, 7) is 6.55. The van der Waals surface area contributed by atoms with Crippen LogP contribution in [0.15, 0.2) is 133 Å². The van der Waals surface area contributed by atoms with Crippen molar-refractivity contribution in [2.24, 2.45) is 5.92 Å². The number of ether oxygens (including phenoxy) is 2. The number of aliphatic hydroxyl groups is 1. The highest BCUT2D eigenvalue weighted by molar-refractivity contribution is 5.73. The summed E-state index contributed by atoms with van der Waals surface area (Å²) in [6, 6.07) is 45.8. The van der Waals surface area contributed by atoms with Gasteiger partial charge in [-0.3, -0.25) is 9.69 Å². The Balaban J connectivity index is 1.30. The molecule has 2 N–H and O–H groups in total. The molecule has 1 aliphatic heterocycles. The van der Waals surface area contributed by atoms with Crippen LogP contribution in [0.2, 0.25) is 0 Å². The third-order valence-corrected chi connectivity index (χ3v) is 9.02. The molecule has 4 atom stereocenters. The molecule has 0 unspecified atom stereocenters. The van der Waals surface area contributed by atoms with Gasteiger partial charge < -0.3 is 19.9 Å². The van der Waals surface area contributed by atoms with Gasteiger partial charge in [-0.05, 0) is 51.1 Å². The summed E-state index contributed by atoms with van der Waals surface area (Å²) in [7, 11) is 0. The number of benzene rings is 5. The largest absolute Gasteiger partial charge is 0.392 e. The lowest BCUT2D eigenvalue weighted by atomic mass is 9.89. The van der Waals surface area contributed by atoms with Crippen LogP contribution >= 0.6 is 0 Å². The van der Waals surface area contributed by atoms with Crippen molar-refractivity contribution in [2.75, 3.05) is 6.54 Å². The minimum atomic E-state index is -0.577. The van der Waals surface area contributed by atoms with Crippen molar-refractivity contribution in [3.05, 3.63) is 167 Å². The van der Waals surface area contributed by atoms with Gasteiger partial charge in [0.05, 0.1) is 18.8 Å². The first-order chi connectivity index (χ1) is 23.4. The van der Waals surface area contributed by atoms with Crippen LogP contribution in [0, 0.1) is 5.92 Å². The summed E-state index contributed by atoms with van der Waals surface area (Å²) in [5.41, 5.74) is 8.56. The van der Waals surface area contributed by atoms with E-state index in [0.717, 1.165) is 53.0 Å². The Morgan fingerprint density at radius 1 is 0.688 bits per heavy atom. The molecule has 0 aromatic heterocycles. The van der Waals surface area contributed by atoms with E-state index in [0.29, 0.717) is 6.54 Å². The first-order valence-electron chi connectivity index (χ1n) is 16.7. The van der Waals surface area contributed by atoms with Crippen LogP contribution in [0.5, 0.6) is 0 Å². The molecule has 0 bridgehead atoms. The van der Waals surface area contributed by atoms with Crippen molar-refractivity contribution in [3.63, 3.8) is 0 Å². The van der Waals surface area contributed by atoms with E-state index in [2.05, 4.69) is 120 Å². The van der Waals surface area contributed by atoms with E-state index in [1.54, 1.807) is 0 Å². The van der Waals surface area contributed by atoms with Crippen LogP contribution in [-0.2, 0) is 40.5 Å². The van der Waals surface area contributed by atoms with E-state index in [1.165, 1.54) is 18.1 Å². The van der Waals surface area contributed by atoms with E-state index >= 15 is 0 Å². The number of aliphatic hydroxyl groups excluding tert-OH is 1. The molecule has 6 heteroatoms. The molecule has 1 aliphatic rings.